The Balaban J connectivity index is 3.23. The van der Waals surface area contributed by atoms with Gasteiger partial charge < -0.3 is 44.1 Å². The van der Waals surface area contributed by atoms with Crippen LogP contribution < -0.4 is 19.9 Å². The van der Waals surface area contributed by atoms with Crippen LogP contribution in [0.1, 0.15) is 17.3 Å². The van der Waals surface area contributed by atoms with E-state index < -0.39 is 42.7 Å². The molecular formula is C18H29NO10. The summed E-state index contributed by atoms with van der Waals surface area (Å²) in [6.07, 6.45) is -6.46. The van der Waals surface area contributed by atoms with Crippen molar-refractivity contribution in [1.29, 1.82) is 0 Å². The molecule has 0 radical (unpaired) electrons. The summed E-state index contributed by atoms with van der Waals surface area (Å²) in [5.74, 6) is -0.599. The van der Waals surface area contributed by atoms with Gasteiger partial charge in [-0.15, -0.1) is 0 Å². The molecule has 1 rings (SSSR count). The van der Waals surface area contributed by atoms with Crippen molar-refractivity contribution < 1.29 is 48.9 Å². The molecule has 29 heavy (non-hydrogen) atoms. The van der Waals surface area contributed by atoms with Crippen molar-refractivity contribution in [3.63, 3.8) is 0 Å². The van der Waals surface area contributed by atoms with Crippen molar-refractivity contribution >= 4 is 5.97 Å². The maximum Gasteiger partial charge on any atom is 0.338 e. The van der Waals surface area contributed by atoms with Gasteiger partial charge in [-0.1, -0.05) is 0 Å². The summed E-state index contributed by atoms with van der Waals surface area (Å²) in [5.41, 5.74) is 4.20. The number of nitrogens with two attached hydrogens (primary N) is 1. The molecule has 0 heterocycles. The quantitative estimate of drug-likeness (QED) is 0.212. The van der Waals surface area contributed by atoms with Gasteiger partial charge in [-0.05, 0) is 19.1 Å². The predicted octanol–water partition coefficient (Wildman–Crippen LogP) is -1.37. The van der Waals surface area contributed by atoms with Gasteiger partial charge in [0, 0.05) is 7.11 Å². The monoisotopic (exact) mass is 419 g/mol. The number of methoxy groups -OCH3 is 4. The topological polar surface area (TPSA) is 170 Å². The summed E-state index contributed by atoms with van der Waals surface area (Å²) in [5, 5.41) is 40.0. The summed E-state index contributed by atoms with van der Waals surface area (Å²) in [7, 11) is 5.07. The molecule has 0 fully saturated rings. The fourth-order valence-corrected chi connectivity index (χ4v) is 2.56. The third kappa shape index (κ3) is 5.69. The van der Waals surface area contributed by atoms with E-state index in [1.807, 2.05) is 0 Å². The lowest BCUT2D eigenvalue weighted by molar-refractivity contribution is -0.164. The highest BCUT2D eigenvalue weighted by atomic mass is 16.6. The summed E-state index contributed by atoms with van der Waals surface area (Å²) in [6, 6.07) is 2.65. The second kappa shape index (κ2) is 10.6. The van der Waals surface area contributed by atoms with Crippen molar-refractivity contribution in [3.8, 4) is 17.2 Å². The van der Waals surface area contributed by atoms with Gasteiger partial charge in [-0.2, -0.15) is 0 Å². The van der Waals surface area contributed by atoms with Gasteiger partial charge in [-0.25, -0.2) is 4.79 Å². The number of benzene rings is 1. The molecule has 0 saturated heterocycles. The normalized spacial score (nSPS) is 17.4. The number of carbonyl (C=O) groups is 1. The lowest BCUT2D eigenvalue weighted by atomic mass is 9.96. The Kier molecular flexibility index (Phi) is 9.08. The minimum atomic E-state index is -1.96. The third-order valence-corrected chi connectivity index (χ3v) is 4.33. The first-order chi connectivity index (χ1) is 13.6. The van der Waals surface area contributed by atoms with Gasteiger partial charge in [0.25, 0.3) is 0 Å². The van der Waals surface area contributed by atoms with Crippen molar-refractivity contribution in [2.24, 2.45) is 5.73 Å². The molecule has 166 valence electrons. The Hall–Kier alpha value is -2.15. The third-order valence-electron chi connectivity index (χ3n) is 4.33. The van der Waals surface area contributed by atoms with Crippen LogP contribution in [0.3, 0.4) is 0 Å². The number of hydrogen-bond donors (Lipinski definition) is 5. The number of aliphatic hydroxyl groups excluding tert-OH is 4. The first-order valence-corrected chi connectivity index (χ1v) is 8.57. The predicted molar refractivity (Wildman–Crippen MR) is 100 cm³/mol. The fourth-order valence-electron chi connectivity index (χ4n) is 2.56. The van der Waals surface area contributed by atoms with Gasteiger partial charge in [0.05, 0.1) is 33.5 Å². The van der Waals surface area contributed by atoms with Crippen LogP contribution in [0.15, 0.2) is 12.1 Å². The Morgan fingerprint density at radius 3 is 1.97 bits per heavy atom. The van der Waals surface area contributed by atoms with Gasteiger partial charge >= 0.3 is 5.97 Å². The molecule has 1 aromatic rings. The van der Waals surface area contributed by atoms with Crippen LogP contribution in [0.25, 0.3) is 0 Å². The summed E-state index contributed by atoms with van der Waals surface area (Å²) < 4.78 is 25.6. The largest absolute Gasteiger partial charge is 0.493 e. The molecule has 11 heteroatoms. The van der Waals surface area contributed by atoms with Crippen molar-refractivity contribution in [2.45, 2.75) is 37.1 Å². The smallest absolute Gasteiger partial charge is 0.338 e. The van der Waals surface area contributed by atoms with Crippen molar-refractivity contribution in [3.05, 3.63) is 17.7 Å². The maximum absolute atomic E-state index is 11.8. The number of rotatable bonds is 11. The molecule has 5 atom stereocenters. The average Bonchev–Trinajstić information content (AvgIpc) is 2.72. The Morgan fingerprint density at radius 1 is 1.07 bits per heavy atom. The Morgan fingerprint density at radius 2 is 1.59 bits per heavy atom. The number of carbonyl (C=O) groups excluding carboxylic acids is 1. The van der Waals surface area contributed by atoms with Crippen LogP contribution in [0.4, 0.5) is 0 Å². The van der Waals surface area contributed by atoms with Crippen LogP contribution >= 0.6 is 0 Å². The number of esters is 1. The molecule has 0 aliphatic heterocycles. The van der Waals surface area contributed by atoms with Crippen molar-refractivity contribution in [1.82, 2.24) is 0 Å². The molecule has 0 bridgehead atoms. The molecule has 0 amide bonds. The van der Waals surface area contributed by atoms with Gasteiger partial charge in [0.15, 0.2) is 17.2 Å². The molecular weight excluding hydrogens is 390 g/mol. The van der Waals surface area contributed by atoms with Crippen LogP contribution in [0.5, 0.6) is 17.2 Å². The van der Waals surface area contributed by atoms with E-state index in [0.29, 0.717) is 0 Å². The Labute approximate surface area is 168 Å². The maximum atomic E-state index is 11.8. The van der Waals surface area contributed by atoms with Crippen molar-refractivity contribution in [2.75, 3.05) is 35.0 Å². The van der Waals surface area contributed by atoms with Gasteiger partial charge in [0.2, 0.25) is 5.75 Å². The molecule has 11 nitrogen and oxygen atoms in total. The lowest BCUT2D eigenvalue weighted by Gasteiger charge is -2.37. The highest BCUT2D eigenvalue weighted by Crippen LogP contribution is 2.41. The molecule has 0 aromatic heterocycles. The molecule has 0 aliphatic rings. The van der Waals surface area contributed by atoms with E-state index in [2.05, 4.69) is 4.74 Å². The zero-order chi connectivity index (χ0) is 22.4. The Bertz CT molecular complexity index is 652. The van der Waals surface area contributed by atoms with Crippen LogP contribution in [-0.2, 0) is 9.47 Å². The number of aliphatic hydroxyl groups is 4. The zero-order valence-corrected chi connectivity index (χ0v) is 17.0. The first-order valence-electron chi connectivity index (χ1n) is 8.57. The molecule has 0 saturated carbocycles. The second-order valence-electron chi connectivity index (χ2n) is 6.37. The standard InChI is InChI=1S/C18H29NO10/c1-18(19,16(23)14(22)13(21)12(8-20)27-4)29-15-10(25-2)6-9(17(24)28-5)7-11(15)26-3/h6-7,12-14,16,20-23H,8,19H2,1-5H3. The average molecular weight is 419 g/mol. The second-order valence-corrected chi connectivity index (χ2v) is 6.37. The van der Waals surface area contributed by atoms with E-state index in [-0.39, 0.29) is 22.8 Å². The summed E-state index contributed by atoms with van der Waals surface area (Å²) >= 11 is 0. The minimum Gasteiger partial charge on any atom is -0.493 e. The van der Waals surface area contributed by atoms with Crippen LogP contribution in [0, 0.1) is 0 Å². The zero-order valence-electron chi connectivity index (χ0n) is 17.0. The van der Waals surface area contributed by atoms with Gasteiger partial charge in [0.1, 0.15) is 24.4 Å². The number of hydrogen-bond acceptors (Lipinski definition) is 11. The first kappa shape index (κ1) is 24.9. The molecule has 0 aliphatic carbocycles. The molecule has 0 spiro atoms. The SMILES string of the molecule is COC(=O)c1cc(OC)c(OC(C)(N)C(O)C(O)C(O)C(CO)OC)c(OC)c1. The molecule has 6 N–H and O–H groups in total. The summed E-state index contributed by atoms with van der Waals surface area (Å²) in [4.78, 5) is 11.8. The molecule has 5 unspecified atom stereocenters. The van der Waals surface area contributed by atoms with E-state index in [1.165, 1.54) is 47.5 Å². The number of ether oxygens (including phenoxy) is 5. The van der Waals surface area contributed by atoms with E-state index in [1.54, 1.807) is 0 Å². The highest BCUT2D eigenvalue weighted by molar-refractivity contribution is 5.91. The van der Waals surface area contributed by atoms with Gasteiger partial charge in [-0.3, -0.25) is 5.73 Å². The minimum absolute atomic E-state index is 0.0498. The van der Waals surface area contributed by atoms with E-state index in [4.69, 9.17) is 24.7 Å². The van der Waals surface area contributed by atoms with E-state index in [9.17, 15) is 25.2 Å². The van der Waals surface area contributed by atoms with E-state index >= 15 is 0 Å². The molecule has 1 aromatic carbocycles. The van der Waals surface area contributed by atoms with E-state index in [0.717, 1.165) is 0 Å². The fraction of sp³-hybridized carbons (Fsp3) is 0.611. The summed E-state index contributed by atoms with van der Waals surface area (Å²) in [6.45, 7) is 0.654. The lowest BCUT2D eigenvalue weighted by Crippen LogP contribution is -2.61. The van der Waals surface area contributed by atoms with Crippen LogP contribution in [0.2, 0.25) is 0 Å². The highest BCUT2D eigenvalue weighted by Gasteiger charge is 2.43. The van der Waals surface area contributed by atoms with Crippen LogP contribution in [-0.4, -0.2) is 91.6 Å².